The van der Waals surface area contributed by atoms with Crippen molar-refractivity contribution in [3.63, 3.8) is 0 Å². The van der Waals surface area contributed by atoms with Crippen LogP contribution in [0, 0.1) is 24.2 Å². The van der Waals surface area contributed by atoms with E-state index in [4.69, 9.17) is 15.5 Å². The molecule has 2 saturated heterocycles. The number of ether oxygens (including phenoxy) is 1. The van der Waals surface area contributed by atoms with Crippen LogP contribution in [0.5, 0.6) is 5.88 Å². The van der Waals surface area contributed by atoms with E-state index in [9.17, 15) is 4.79 Å². The molecule has 1 amide bonds. The maximum atomic E-state index is 13.4. The molecule has 1 unspecified atom stereocenters. The van der Waals surface area contributed by atoms with Crippen molar-refractivity contribution in [2.75, 3.05) is 24.5 Å². The maximum Gasteiger partial charge on any atom is 0.257 e. The maximum absolute atomic E-state index is 13.4. The number of nitrogens with zero attached hydrogens (tertiary/aromatic N) is 7. The van der Waals surface area contributed by atoms with Crippen LogP contribution in [0.3, 0.4) is 0 Å². The largest absolute Gasteiger partial charge is 0.474 e. The summed E-state index contributed by atoms with van der Waals surface area (Å²) >= 11 is 0. The van der Waals surface area contributed by atoms with Crippen LogP contribution in [-0.4, -0.2) is 67.3 Å². The Labute approximate surface area is 235 Å². The molecule has 6 rings (SSSR count). The fourth-order valence-electron chi connectivity index (χ4n) is 6.37. The van der Waals surface area contributed by atoms with Gasteiger partial charge in [-0.3, -0.25) is 4.79 Å². The molecule has 4 atom stereocenters. The molecule has 5 heterocycles. The number of hydrogen-bond donors (Lipinski definition) is 1. The standard InChI is InChI=1S/C30H40N8O2/c1-18-14-29(3,4)8-11-37(18)24-12-20(30(5,6)31)13-25(34-24)40-26-22-15-36(16-23(22)26)27(39)21-17-38(35-19(21)2)28-32-9-7-10-33-28/h7,9-10,12-13,17-18,22-23,26H,8,11,14-16,31H2,1-6H3/t18?,22-,23+,26+. The van der Waals surface area contributed by atoms with E-state index < -0.39 is 5.54 Å². The number of rotatable bonds is 6. The van der Waals surface area contributed by atoms with Gasteiger partial charge in [0.25, 0.3) is 5.91 Å². The van der Waals surface area contributed by atoms with Crippen molar-refractivity contribution in [2.45, 2.75) is 72.1 Å². The number of amides is 1. The van der Waals surface area contributed by atoms with Crippen LogP contribution in [0.25, 0.3) is 5.95 Å². The Morgan fingerprint density at radius 1 is 1.15 bits per heavy atom. The zero-order valence-electron chi connectivity index (χ0n) is 24.3. The average Bonchev–Trinajstić information content (AvgIpc) is 3.20. The van der Waals surface area contributed by atoms with Gasteiger partial charge in [0.1, 0.15) is 11.9 Å². The number of likely N-dealkylation sites (tertiary alicyclic amines) is 1. The number of carbonyl (C=O) groups excluding carboxylic acids is 1. The summed E-state index contributed by atoms with van der Waals surface area (Å²) < 4.78 is 8.05. The normalized spacial score (nSPS) is 25.6. The Bertz CT molecular complexity index is 1400. The molecule has 0 aromatic carbocycles. The summed E-state index contributed by atoms with van der Waals surface area (Å²) in [7, 11) is 0. The number of fused-ring (bicyclic) bond motifs is 1. The van der Waals surface area contributed by atoms with Gasteiger partial charge in [-0.2, -0.15) is 10.1 Å². The lowest BCUT2D eigenvalue weighted by atomic mass is 9.79. The van der Waals surface area contributed by atoms with Crippen LogP contribution in [0.4, 0.5) is 5.82 Å². The molecule has 2 N–H and O–H groups in total. The minimum absolute atomic E-state index is 0.0140. The first kappa shape index (κ1) is 26.7. The highest BCUT2D eigenvalue weighted by Crippen LogP contribution is 2.48. The van der Waals surface area contributed by atoms with E-state index in [-0.39, 0.29) is 12.0 Å². The van der Waals surface area contributed by atoms with E-state index in [2.05, 4.69) is 46.8 Å². The zero-order valence-corrected chi connectivity index (χ0v) is 24.3. The van der Waals surface area contributed by atoms with Gasteiger partial charge in [0.15, 0.2) is 0 Å². The number of carbonyl (C=O) groups is 1. The van der Waals surface area contributed by atoms with E-state index >= 15 is 0 Å². The quantitative estimate of drug-likeness (QED) is 0.499. The van der Waals surface area contributed by atoms with Crippen molar-refractivity contribution < 1.29 is 9.53 Å². The first-order chi connectivity index (χ1) is 18.9. The smallest absolute Gasteiger partial charge is 0.257 e. The van der Waals surface area contributed by atoms with Gasteiger partial charge in [0.2, 0.25) is 11.8 Å². The first-order valence-electron chi connectivity index (χ1n) is 14.3. The number of pyridine rings is 1. The Balaban J connectivity index is 1.14. The molecule has 1 aliphatic carbocycles. The molecule has 40 heavy (non-hydrogen) atoms. The molecule has 10 nitrogen and oxygen atoms in total. The number of aryl methyl sites for hydroxylation is 1. The topological polar surface area (TPSA) is 115 Å². The van der Waals surface area contributed by atoms with Gasteiger partial charge < -0.3 is 20.3 Å². The fraction of sp³-hybridized carbons (Fsp3) is 0.567. The lowest BCUT2D eigenvalue weighted by Crippen LogP contribution is -2.44. The van der Waals surface area contributed by atoms with Crippen molar-refractivity contribution in [3.8, 4) is 11.8 Å². The molecule has 3 aromatic heterocycles. The van der Waals surface area contributed by atoms with Gasteiger partial charge in [-0.25, -0.2) is 14.6 Å². The minimum atomic E-state index is -0.510. The summed E-state index contributed by atoms with van der Waals surface area (Å²) in [6.45, 7) is 15.1. The number of nitrogens with two attached hydrogens (primary N) is 1. The number of piperidine rings is 2. The van der Waals surface area contributed by atoms with Gasteiger partial charge in [-0.05, 0) is 63.6 Å². The average molecular weight is 545 g/mol. The molecule has 0 bridgehead atoms. The molecule has 3 fully saturated rings. The summed E-state index contributed by atoms with van der Waals surface area (Å²) in [5, 5.41) is 4.46. The molecule has 212 valence electrons. The number of aromatic nitrogens is 5. The number of hydrogen-bond acceptors (Lipinski definition) is 8. The first-order valence-corrected chi connectivity index (χ1v) is 14.3. The van der Waals surface area contributed by atoms with Crippen molar-refractivity contribution in [3.05, 3.63) is 53.6 Å². The molecule has 3 aromatic rings. The summed E-state index contributed by atoms with van der Waals surface area (Å²) in [5.41, 5.74) is 8.62. The van der Waals surface area contributed by atoms with Gasteiger partial charge >= 0.3 is 0 Å². The second-order valence-corrected chi connectivity index (χ2v) is 13.2. The molecule has 0 radical (unpaired) electrons. The zero-order chi connectivity index (χ0) is 28.4. The minimum Gasteiger partial charge on any atom is -0.474 e. The SMILES string of the molecule is Cc1nn(-c2ncccn2)cc1C(=O)N1C[C@@H]2[C@H](C1)[C@H]2Oc1cc(C(C)(C)N)cc(N2CCC(C)(C)CC2C)n1. The van der Waals surface area contributed by atoms with E-state index in [0.717, 1.165) is 30.8 Å². The lowest BCUT2D eigenvalue weighted by Gasteiger charge is -2.43. The van der Waals surface area contributed by atoms with Gasteiger partial charge in [-0.15, -0.1) is 0 Å². The van der Waals surface area contributed by atoms with Gasteiger partial charge in [0, 0.05) is 67.7 Å². The second-order valence-electron chi connectivity index (χ2n) is 13.2. The van der Waals surface area contributed by atoms with Crippen LogP contribution >= 0.6 is 0 Å². The molecule has 0 spiro atoms. The van der Waals surface area contributed by atoms with Crippen molar-refractivity contribution in [1.82, 2.24) is 29.6 Å². The highest BCUT2D eigenvalue weighted by atomic mass is 16.5. The van der Waals surface area contributed by atoms with Gasteiger partial charge in [0.05, 0.1) is 11.3 Å². The van der Waals surface area contributed by atoms with Crippen molar-refractivity contribution >= 4 is 11.7 Å². The van der Waals surface area contributed by atoms with E-state index in [1.165, 1.54) is 0 Å². The van der Waals surface area contributed by atoms with Crippen LogP contribution in [-0.2, 0) is 5.54 Å². The Hall–Kier alpha value is -3.53. The Morgan fingerprint density at radius 3 is 2.50 bits per heavy atom. The molecule has 10 heteroatoms. The monoisotopic (exact) mass is 544 g/mol. The second kappa shape index (κ2) is 9.54. The molecular formula is C30H40N8O2. The highest BCUT2D eigenvalue weighted by Gasteiger charge is 2.59. The third kappa shape index (κ3) is 5.05. The van der Waals surface area contributed by atoms with E-state index in [1.54, 1.807) is 29.3 Å². The number of anilines is 1. The van der Waals surface area contributed by atoms with Crippen molar-refractivity contribution in [1.29, 1.82) is 0 Å². The van der Waals surface area contributed by atoms with Gasteiger partial charge in [-0.1, -0.05) is 13.8 Å². The third-order valence-electron chi connectivity index (χ3n) is 8.78. The Kier molecular flexibility index (Phi) is 6.36. The molecule has 1 saturated carbocycles. The summed E-state index contributed by atoms with van der Waals surface area (Å²) in [4.78, 5) is 31.1. The van der Waals surface area contributed by atoms with Crippen LogP contribution < -0.4 is 15.4 Å². The van der Waals surface area contributed by atoms with Crippen molar-refractivity contribution in [2.24, 2.45) is 23.0 Å². The summed E-state index contributed by atoms with van der Waals surface area (Å²) in [5.74, 6) is 2.59. The Morgan fingerprint density at radius 2 is 1.85 bits per heavy atom. The summed E-state index contributed by atoms with van der Waals surface area (Å²) in [6.07, 6.45) is 7.34. The van der Waals surface area contributed by atoms with Crippen LogP contribution in [0.15, 0.2) is 36.8 Å². The lowest BCUT2D eigenvalue weighted by molar-refractivity contribution is 0.0751. The fourth-order valence-corrected chi connectivity index (χ4v) is 6.37. The molecule has 3 aliphatic rings. The van der Waals surface area contributed by atoms with E-state index in [1.807, 2.05) is 31.7 Å². The third-order valence-corrected chi connectivity index (χ3v) is 8.78. The van der Waals surface area contributed by atoms with Crippen LogP contribution in [0.1, 0.15) is 69.1 Å². The predicted octanol–water partition coefficient (Wildman–Crippen LogP) is 3.72. The molecular weight excluding hydrogens is 504 g/mol. The van der Waals surface area contributed by atoms with Crippen LogP contribution in [0.2, 0.25) is 0 Å². The predicted molar refractivity (Wildman–Crippen MR) is 152 cm³/mol. The summed E-state index contributed by atoms with van der Waals surface area (Å²) in [6, 6.07) is 6.25. The van der Waals surface area contributed by atoms with E-state index in [0.29, 0.717) is 59.5 Å². The molecule has 2 aliphatic heterocycles. The highest BCUT2D eigenvalue weighted by molar-refractivity contribution is 5.95.